The molecule has 0 aromatic heterocycles. The van der Waals surface area contributed by atoms with Crippen molar-refractivity contribution in [1.82, 2.24) is 10.2 Å². The van der Waals surface area contributed by atoms with Gasteiger partial charge in [-0.2, -0.15) is 0 Å². The summed E-state index contributed by atoms with van der Waals surface area (Å²) in [5.74, 6) is -0.269. The smallest absolute Gasteiger partial charge is 0.243 e. The van der Waals surface area contributed by atoms with E-state index < -0.39 is 11.6 Å². The Labute approximate surface area is 136 Å². The molecule has 2 N–H and O–H groups in total. The Kier molecular flexibility index (Phi) is 4.39. The molecule has 0 spiro atoms. The molecule has 124 valence electrons. The number of rotatable bonds is 3. The number of carbonyl (C=O) groups excluding carboxylic acids is 2. The van der Waals surface area contributed by atoms with Crippen molar-refractivity contribution in [2.24, 2.45) is 0 Å². The first-order chi connectivity index (χ1) is 11.0. The summed E-state index contributed by atoms with van der Waals surface area (Å²) in [7, 11) is 0. The molecule has 1 aliphatic heterocycles. The van der Waals surface area contributed by atoms with Crippen LogP contribution in [-0.2, 0) is 22.6 Å². The fourth-order valence-corrected chi connectivity index (χ4v) is 3.67. The molecule has 2 amide bonds. The highest BCUT2D eigenvalue weighted by atomic mass is 16.3. The molecule has 1 atom stereocenters. The van der Waals surface area contributed by atoms with Gasteiger partial charge in [0.15, 0.2) is 0 Å². The SMILES string of the molecule is CC(=O)N1Cc2ccccc2CC1C(=O)NCC1(O)CCCC1. The number of amides is 2. The van der Waals surface area contributed by atoms with Crippen LogP contribution in [0.5, 0.6) is 0 Å². The number of carbonyl (C=O) groups is 2. The van der Waals surface area contributed by atoms with Crippen LogP contribution in [0.15, 0.2) is 24.3 Å². The minimum atomic E-state index is -0.775. The molecule has 0 radical (unpaired) electrons. The van der Waals surface area contributed by atoms with Gasteiger partial charge in [-0.25, -0.2) is 0 Å². The lowest BCUT2D eigenvalue weighted by molar-refractivity contribution is -0.140. The van der Waals surface area contributed by atoms with Crippen molar-refractivity contribution < 1.29 is 14.7 Å². The van der Waals surface area contributed by atoms with Gasteiger partial charge in [0.05, 0.1) is 5.60 Å². The normalized spacial score (nSPS) is 22.5. The lowest BCUT2D eigenvalue weighted by Gasteiger charge is -2.36. The van der Waals surface area contributed by atoms with Crippen LogP contribution in [0.4, 0.5) is 0 Å². The van der Waals surface area contributed by atoms with Crippen molar-refractivity contribution in [1.29, 1.82) is 0 Å². The molecular formula is C18H24N2O3. The summed E-state index contributed by atoms with van der Waals surface area (Å²) in [6, 6.07) is 7.43. The van der Waals surface area contributed by atoms with E-state index in [0.29, 0.717) is 13.0 Å². The summed E-state index contributed by atoms with van der Waals surface area (Å²) in [5, 5.41) is 13.2. The first kappa shape index (κ1) is 16.0. The second kappa shape index (κ2) is 6.32. The van der Waals surface area contributed by atoms with Crippen LogP contribution in [0, 0.1) is 0 Å². The van der Waals surface area contributed by atoms with Gasteiger partial charge in [-0.05, 0) is 24.0 Å². The number of hydrogen-bond donors (Lipinski definition) is 2. The van der Waals surface area contributed by atoms with Gasteiger partial charge < -0.3 is 15.3 Å². The van der Waals surface area contributed by atoms with Crippen LogP contribution in [-0.4, -0.2) is 40.0 Å². The maximum Gasteiger partial charge on any atom is 0.243 e. The van der Waals surface area contributed by atoms with E-state index in [-0.39, 0.29) is 18.4 Å². The third-order valence-corrected chi connectivity index (χ3v) is 5.08. The van der Waals surface area contributed by atoms with Crippen molar-refractivity contribution in [3.8, 4) is 0 Å². The summed E-state index contributed by atoms with van der Waals surface area (Å²) in [5.41, 5.74) is 1.44. The highest BCUT2D eigenvalue weighted by Gasteiger charge is 2.36. The Balaban J connectivity index is 1.71. The van der Waals surface area contributed by atoms with E-state index >= 15 is 0 Å². The Hall–Kier alpha value is -1.88. The van der Waals surface area contributed by atoms with Crippen LogP contribution < -0.4 is 5.32 Å². The molecule has 1 fully saturated rings. The zero-order valence-electron chi connectivity index (χ0n) is 13.5. The number of hydrogen-bond acceptors (Lipinski definition) is 3. The van der Waals surface area contributed by atoms with Crippen molar-refractivity contribution in [3.63, 3.8) is 0 Å². The van der Waals surface area contributed by atoms with Gasteiger partial charge in [-0.3, -0.25) is 9.59 Å². The highest BCUT2D eigenvalue weighted by molar-refractivity contribution is 5.87. The van der Waals surface area contributed by atoms with E-state index in [0.717, 1.165) is 36.8 Å². The van der Waals surface area contributed by atoms with Crippen molar-refractivity contribution in [2.45, 2.75) is 57.2 Å². The molecular weight excluding hydrogens is 292 g/mol. The van der Waals surface area contributed by atoms with Gasteiger partial charge in [-0.1, -0.05) is 37.1 Å². The van der Waals surface area contributed by atoms with Crippen LogP contribution in [0.25, 0.3) is 0 Å². The minimum Gasteiger partial charge on any atom is -0.388 e. The van der Waals surface area contributed by atoms with Gasteiger partial charge in [-0.15, -0.1) is 0 Å². The topological polar surface area (TPSA) is 69.6 Å². The Morgan fingerprint density at radius 1 is 1.26 bits per heavy atom. The summed E-state index contributed by atoms with van der Waals surface area (Å²) in [6.45, 7) is 2.24. The number of nitrogens with one attached hydrogen (secondary N) is 1. The number of fused-ring (bicyclic) bond motifs is 1. The maximum atomic E-state index is 12.6. The minimum absolute atomic E-state index is 0.0979. The number of nitrogens with zero attached hydrogens (tertiary/aromatic N) is 1. The Bertz CT molecular complexity index is 608. The molecule has 3 rings (SSSR count). The zero-order chi connectivity index (χ0) is 16.4. The van der Waals surface area contributed by atoms with E-state index in [1.165, 1.54) is 6.92 Å². The first-order valence-corrected chi connectivity index (χ1v) is 8.33. The average molecular weight is 316 g/mol. The monoisotopic (exact) mass is 316 g/mol. The first-order valence-electron chi connectivity index (χ1n) is 8.33. The van der Waals surface area contributed by atoms with Crippen molar-refractivity contribution in [2.75, 3.05) is 6.54 Å². The van der Waals surface area contributed by atoms with Gasteiger partial charge in [0.1, 0.15) is 6.04 Å². The van der Waals surface area contributed by atoms with Crippen molar-refractivity contribution >= 4 is 11.8 Å². The summed E-state index contributed by atoms with van der Waals surface area (Å²) >= 11 is 0. The van der Waals surface area contributed by atoms with Crippen LogP contribution in [0.2, 0.25) is 0 Å². The molecule has 5 heteroatoms. The Morgan fingerprint density at radius 3 is 2.57 bits per heavy atom. The van der Waals surface area contributed by atoms with Crippen LogP contribution in [0.1, 0.15) is 43.7 Å². The fraction of sp³-hybridized carbons (Fsp3) is 0.556. The lowest BCUT2D eigenvalue weighted by Crippen LogP contribution is -2.54. The van der Waals surface area contributed by atoms with E-state index in [9.17, 15) is 14.7 Å². The van der Waals surface area contributed by atoms with E-state index in [1.54, 1.807) is 4.90 Å². The number of benzene rings is 1. The molecule has 0 saturated heterocycles. The van der Waals surface area contributed by atoms with Crippen LogP contribution >= 0.6 is 0 Å². The fourth-order valence-electron chi connectivity index (χ4n) is 3.67. The summed E-state index contributed by atoms with van der Waals surface area (Å²) in [4.78, 5) is 26.2. The molecule has 5 nitrogen and oxygen atoms in total. The standard InChI is InChI=1S/C18H24N2O3/c1-13(21)20-11-15-7-3-2-6-14(15)10-16(20)17(22)19-12-18(23)8-4-5-9-18/h2-3,6-7,16,23H,4-5,8-12H2,1H3,(H,19,22). The lowest BCUT2D eigenvalue weighted by atomic mass is 9.93. The highest BCUT2D eigenvalue weighted by Crippen LogP contribution is 2.29. The summed E-state index contributed by atoms with van der Waals surface area (Å²) in [6.07, 6.45) is 4.00. The molecule has 1 aromatic rings. The molecule has 2 aliphatic rings. The molecule has 23 heavy (non-hydrogen) atoms. The molecule has 1 aliphatic carbocycles. The van der Waals surface area contributed by atoms with Gasteiger partial charge in [0, 0.05) is 26.4 Å². The largest absolute Gasteiger partial charge is 0.388 e. The average Bonchev–Trinajstić information content (AvgIpc) is 2.98. The number of aliphatic hydroxyl groups is 1. The van der Waals surface area contributed by atoms with E-state index in [2.05, 4.69) is 5.32 Å². The predicted molar refractivity (Wildman–Crippen MR) is 86.6 cm³/mol. The molecule has 1 unspecified atom stereocenters. The molecule has 1 saturated carbocycles. The third-order valence-electron chi connectivity index (χ3n) is 5.08. The zero-order valence-corrected chi connectivity index (χ0v) is 13.5. The predicted octanol–water partition coefficient (Wildman–Crippen LogP) is 1.38. The maximum absolute atomic E-state index is 12.6. The quantitative estimate of drug-likeness (QED) is 0.885. The van der Waals surface area contributed by atoms with Gasteiger partial charge in [0.2, 0.25) is 11.8 Å². The van der Waals surface area contributed by atoms with Gasteiger partial charge in [0.25, 0.3) is 0 Å². The van der Waals surface area contributed by atoms with Crippen molar-refractivity contribution in [3.05, 3.63) is 35.4 Å². The van der Waals surface area contributed by atoms with Gasteiger partial charge >= 0.3 is 0 Å². The third kappa shape index (κ3) is 3.39. The molecule has 1 heterocycles. The van der Waals surface area contributed by atoms with E-state index in [1.807, 2.05) is 24.3 Å². The second-order valence-corrected chi connectivity index (χ2v) is 6.78. The summed E-state index contributed by atoms with van der Waals surface area (Å²) < 4.78 is 0. The Morgan fingerprint density at radius 2 is 1.91 bits per heavy atom. The molecule has 1 aromatic carbocycles. The molecule has 0 bridgehead atoms. The second-order valence-electron chi connectivity index (χ2n) is 6.78. The van der Waals surface area contributed by atoms with E-state index in [4.69, 9.17) is 0 Å². The van der Waals surface area contributed by atoms with Crippen LogP contribution in [0.3, 0.4) is 0 Å².